The van der Waals surface area contributed by atoms with Gasteiger partial charge < -0.3 is 14.7 Å². The molecule has 5 nitrogen and oxygen atoms in total. The number of rotatable bonds is 4. The Morgan fingerprint density at radius 3 is 2.76 bits per heavy atom. The average Bonchev–Trinajstić information content (AvgIpc) is 2.32. The monoisotopic (exact) mass is 241 g/mol. The number of halogens is 1. The Bertz CT molecular complexity index is 445. The Balaban J connectivity index is 3.25. The molecule has 1 N–H and O–H groups in total. The average molecular weight is 241 g/mol. The molecule has 0 spiro atoms. The lowest BCUT2D eigenvalue weighted by Gasteiger charge is -2.09. The number of esters is 1. The van der Waals surface area contributed by atoms with Gasteiger partial charge in [0.15, 0.2) is 0 Å². The summed E-state index contributed by atoms with van der Waals surface area (Å²) in [5, 5.41) is 11.6. The van der Waals surface area contributed by atoms with Crippen LogP contribution < -0.4 is 4.74 Å². The summed E-state index contributed by atoms with van der Waals surface area (Å²) in [4.78, 5) is 11.5. The molecule has 0 bridgehead atoms. The highest BCUT2D eigenvalue weighted by atomic mass is 19.1. The minimum absolute atomic E-state index is 0.0888. The lowest BCUT2D eigenvalue weighted by Crippen LogP contribution is -2.21. The van der Waals surface area contributed by atoms with Crippen LogP contribution in [0.1, 0.15) is 12.5 Å². The van der Waals surface area contributed by atoms with E-state index >= 15 is 0 Å². The van der Waals surface area contributed by atoms with Crippen molar-refractivity contribution in [1.29, 1.82) is 0 Å². The molecule has 17 heavy (non-hydrogen) atoms. The largest absolute Gasteiger partial charge is 0.496 e. The highest BCUT2D eigenvalue weighted by Gasteiger charge is 2.23. The lowest BCUT2D eigenvalue weighted by atomic mass is 10.1. The van der Waals surface area contributed by atoms with Crippen LogP contribution in [0.25, 0.3) is 0 Å². The third kappa shape index (κ3) is 2.72. The topological polar surface area (TPSA) is 68.1 Å². The van der Waals surface area contributed by atoms with E-state index < -0.39 is 17.5 Å². The summed E-state index contributed by atoms with van der Waals surface area (Å²) >= 11 is 0. The summed E-state index contributed by atoms with van der Waals surface area (Å²) in [6.45, 7) is 1.68. The van der Waals surface area contributed by atoms with Crippen molar-refractivity contribution in [1.82, 2.24) is 0 Å². The number of oxime groups is 1. The molecule has 0 atom stereocenters. The van der Waals surface area contributed by atoms with Gasteiger partial charge in [-0.2, -0.15) is 0 Å². The van der Waals surface area contributed by atoms with Crippen LogP contribution in [0, 0.1) is 5.82 Å². The molecule has 1 aromatic carbocycles. The molecule has 0 radical (unpaired) electrons. The van der Waals surface area contributed by atoms with E-state index in [1.54, 1.807) is 6.92 Å². The van der Waals surface area contributed by atoms with Gasteiger partial charge in [-0.15, -0.1) is 0 Å². The number of hydrogen-bond acceptors (Lipinski definition) is 5. The maximum atomic E-state index is 13.6. The Kier molecular flexibility index (Phi) is 4.45. The van der Waals surface area contributed by atoms with Gasteiger partial charge in [-0.05, 0) is 19.1 Å². The molecule has 0 fully saturated rings. The van der Waals surface area contributed by atoms with E-state index in [1.165, 1.54) is 19.2 Å². The first-order chi connectivity index (χ1) is 8.15. The van der Waals surface area contributed by atoms with E-state index in [-0.39, 0.29) is 17.9 Å². The van der Waals surface area contributed by atoms with Crippen molar-refractivity contribution in [3.63, 3.8) is 0 Å². The van der Waals surface area contributed by atoms with Crippen LogP contribution in [0.15, 0.2) is 23.4 Å². The zero-order valence-electron chi connectivity index (χ0n) is 9.44. The first-order valence-electron chi connectivity index (χ1n) is 4.87. The van der Waals surface area contributed by atoms with E-state index in [4.69, 9.17) is 9.94 Å². The quantitative estimate of drug-likeness (QED) is 0.376. The maximum Gasteiger partial charge on any atom is 0.361 e. The zero-order chi connectivity index (χ0) is 12.8. The van der Waals surface area contributed by atoms with Crippen molar-refractivity contribution in [2.45, 2.75) is 6.92 Å². The molecular weight excluding hydrogens is 229 g/mol. The maximum absolute atomic E-state index is 13.6. The first-order valence-corrected chi connectivity index (χ1v) is 4.87. The number of benzene rings is 1. The van der Waals surface area contributed by atoms with Gasteiger partial charge in [0.2, 0.25) is 5.71 Å². The van der Waals surface area contributed by atoms with Crippen molar-refractivity contribution in [3.8, 4) is 5.75 Å². The molecule has 0 aliphatic carbocycles. The molecule has 6 heteroatoms. The number of methoxy groups -OCH3 is 1. The van der Waals surface area contributed by atoms with Gasteiger partial charge in [0.05, 0.1) is 19.3 Å². The van der Waals surface area contributed by atoms with Crippen LogP contribution in [-0.4, -0.2) is 30.6 Å². The highest BCUT2D eigenvalue weighted by Crippen LogP contribution is 2.22. The molecule has 0 amide bonds. The summed E-state index contributed by atoms with van der Waals surface area (Å²) in [7, 11) is 1.32. The molecule has 0 aliphatic heterocycles. The Labute approximate surface area is 97.5 Å². The Morgan fingerprint density at radius 1 is 1.53 bits per heavy atom. The van der Waals surface area contributed by atoms with Crippen LogP contribution in [0.3, 0.4) is 0 Å². The fraction of sp³-hybridized carbons (Fsp3) is 0.273. The molecule has 0 heterocycles. The van der Waals surface area contributed by atoms with E-state index in [9.17, 15) is 9.18 Å². The van der Waals surface area contributed by atoms with Crippen molar-refractivity contribution in [2.75, 3.05) is 13.7 Å². The van der Waals surface area contributed by atoms with Crippen LogP contribution in [0.2, 0.25) is 0 Å². The second-order valence-electron chi connectivity index (χ2n) is 2.99. The van der Waals surface area contributed by atoms with Gasteiger partial charge in [-0.25, -0.2) is 9.18 Å². The number of carbonyl (C=O) groups excluding carboxylic acids is 1. The minimum Gasteiger partial charge on any atom is -0.496 e. The van der Waals surface area contributed by atoms with E-state index in [0.29, 0.717) is 0 Å². The standard InChI is InChI=1S/C11H12FNO4/c1-3-17-11(14)10(13-15)9-7(12)5-4-6-8(9)16-2/h4-6,15H,3H2,1-2H3/b13-10-. The van der Waals surface area contributed by atoms with E-state index in [0.717, 1.165) is 6.07 Å². The van der Waals surface area contributed by atoms with Crippen LogP contribution in [0.5, 0.6) is 5.75 Å². The fourth-order valence-corrected chi connectivity index (χ4v) is 1.30. The lowest BCUT2D eigenvalue weighted by molar-refractivity contribution is -0.135. The van der Waals surface area contributed by atoms with Crippen molar-refractivity contribution >= 4 is 11.7 Å². The van der Waals surface area contributed by atoms with E-state index in [1.807, 2.05) is 0 Å². The van der Waals surface area contributed by atoms with Crippen LogP contribution in [0.4, 0.5) is 4.39 Å². The molecule has 0 saturated carbocycles. The second kappa shape index (κ2) is 5.83. The number of nitrogens with zero attached hydrogens (tertiary/aromatic N) is 1. The summed E-state index contributed by atoms with van der Waals surface area (Å²) < 4.78 is 23.1. The van der Waals surface area contributed by atoms with Gasteiger partial charge in [0, 0.05) is 0 Å². The predicted octanol–water partition coefficient (Wildman–Crippen LogP) is 1.58. The highest BCUT2D eigenvalue weighted by molar-refractivity contribution is 6.43. The third-order valence-electron chi connectivity index (χ3n) is 2.00. The molecule has 1 rings (SSSR count). The normalized spacial score (nSPS) is 11.1. The molecule has 92 valence electrons. The van der Waals surface area contributed by atoms with Gasteiger partial charge in [-0.1, -0.05) is 11.2 Å². The summed E-state index contributed by atoms with van der Waals surface area (Å²) in [5.41, 5.74) is -0.752. The first kappa shape index (κ1) is 13.0. The molecule has 1 aromatic rings. The van der Waals surface area contributed by atoms with Crippen LogP contribution >= 0.6 is 0 Å². The second-order valence-corrected chi connectivity index (χ2v) is 2.99. The van der Waals surface area contributed by atoms with Crippen LogP contribution in [-0.2, 0) is 9.53 Å². The summed E-state index contributed by atoms with van der Waals surface area (Å²) in [6.07, 6.45) is 0. The van der Waals surface area contributed by atoms with Crippen molar-refractivity contribution in [3.05, 3.63) is 29.6 Å². The van der Waals surface area contributed by atoms with Crippen molar-refractivity contribution < 1.29 is 23.9 Å². The molecule has 0 aromatic heterocycles. The summed E-state index contributed by atoms with van der Waals surface area (Å²) in [6, 6.07) is 3.99. The fourth-order valence-electron chi connectivity index (χ4n) is 1.30. The molecule has 0 saturated heterocycles. The number of ether oxygens (including phenoxy) is 2. The number of carbonyl (C=O) groups is 1. The van der Waals surface area contributed by atoms with E-state index in [2.05, 4.69) is 9.89 Å². The molecule has 0 unspecified atom stereocenters. The van der Waals surface area contributed by atoms with Crippen molar-refractivity contribution in [2.24, 2.45) is 5.16 Å². The SMILES string of the molecule is CCOC(=O)/C(=N\O)c1c(F)cccc1OC. The van der Waals surface area contributed by atoms with Gasteiger partial charge >= 0.3 is 5.97 Å². The summed E-state index contributed by atoms with van der Waals surface area (Å²) in [5.74, 6) is -1.56. The zero-order valence-corrected chi connectivity index (χ0v) is 9.44. The smallest absolute Gasteiger partial charge is 0.361 e. The predicted molar refractivity (Wildman–Crippen MR) is 57.9 cm³/mol. The minimum atomic E-state index is -0.918. The molecular formula is C11H12FNO4. The van der Waals surface area contributed by atoms with Gasteiger partial charge in [0.25, 0.3) is 0 Å². The van der Waals surface area contributed by atoms with Gasteiger partial charge in [-0.3, -0.25) is 0 Å². The molecule has 0 aliphatic rings. The Morgan fingerprint density at radius 2 is 2.24 bits per heavy atom. The van der Waals surface area contributed by atoms with Gasteiger partial charge in [0.1, 0.15) is 11.6 Å². The third-order valence-corrected chi connectivity index (χ3v) is 2.00. The Hall–Kier alpha value is -2.11. The number of hydrogen-bond donors (Lipinski definition) is 1.